The summed E-state index contributed by atoms with van der Waals surface area (Å²) in [4.78, 5) is 16.7. The maximum atomic E-state index is 12.3. The monoisotopic (exact) mass is 388 g/mol. The van der Waals surface area contributed by atoms with Crippen LogP contribution in [0.4, 0.5) is 0 Å². The van der Waals surface area contributed by atoms with Crippen molar-refractivity contribution in [2.24, 2.45) is 0 Å². The summed E-state index contributed by atoms with van der Waals surface area (Å²) in [6.45, 7) is 4.18. The zero-order valence-corrected chi connectivity index (χ0v) is 16.4. The Morgan fingerprint density at radius 2 is 1.72 bits per heavy atom. The second kappa shape index (κ2) is 7.71. The highest BCUT2D eigenvalue weighted by molar-refractivity contribution is 5.59. The Balaban J connectivity index is 1.60. The van der Waals surface area contributed by atoms with Crippen LogP contribution in [0.5, 0.6) is 5.75 Å². The van der Waals surface area contributed by atoms with E-state index < -0.39 is 0 Å². The van der Waals surface area contributed by atoms with Crippen molar-refractivity contribution in [3.05, 3.63) is 82.0 Å². The maximum absolute atomic E-state index is 12.3. The molecule has 0 fully saturated rings. The first kappa shape index (κ1) is 18.6. The average Bonchev–Trinajstić information content (AvgIpc) is 3.20. The number of ether oxygens (including phenoxy) is 1. The van der Waals surface area contributed by atoms with E-state index in [9.17, 15) is 4.79 Å². The van der Waals surface area contributed by atoms with Gasteiger partial charge in [0.25, 0.3) is 5.56 Å². The molecule has 7 heteroatoms. The third-order valence-corrected chi connectivity index (χ3v) is 4.77. The van der Waals surface area contributed by atoms with Gasteiger partial charge in [0.2, 0.25) is 11.7 Å². The highest BCUT2D eigenvalue weighted by Crippen LogP contribution is 2.21. The Morgan fingerprint density at radius 3 is 2.45 bits per heavy atom. The van der Waals surface area contributed by atoms with Gasteiger partial charge in [-0.25, -0.2) is 4.68 Å². The van der Waals surface area contributed by atoms with Gasteiger partial charge in [-0.2, -0.15) is 10.1 Å². The summed E-state index contributed by atoms with van der Waals surface area (Å²) < 4.78 is 11.8. The van der Waals surface area contributed by atoms with E-state index in [1.165, 1.54) is 16.3 Å². The van der Waals surface area contributed by atoms with E-state index in [4.69, 9.17) is 9.26 Å². The van der Waals surface area contributed by atoms with E-state index >= 15 is 0 Å². The first-order valence-corrected chi connectivity index (χ1v) is 9.16. The minimum atomic E-state index is -0.242. The van der Waals surface area contributed by atoms with Gasteiger partial charge in [0.15, 0.2) is 0 Å². The van der Waals surface area contributed by atoms with Crippen molar-refractivity contribution in [2.75, 3.05) is 7.11 Å². The van der Waals surface area contributed by atoms with Gasteiger partial charge < -0.3 is 9.26 Å². The molecule has 0 unspecified atom stereocenters. The van der Waals surface area contributed by atoms with Crippen LogP contribution in [-0.2, 0) is 6.54 Å². The minimum absolute atomic E-state index is 0.0979. The van der Waals surface area contributed by atoms with E-state index in [-0.39, 0.29) is 12.1 Å². The number of hydrogen-bond donors (Lipinski definition) is 0. The number of methoxy groups -OCH3 is 1. The molecular formula is C22H20N4O3. The summed E-state index contributed by atoms with van der Waals surface area (Å²) in [6.07, 6.45) is 0. The third kappa shape index (κ3) is 3.94. The molecule has 0 aliphatic rings. The van der Waals surface area contributed by atoms with Crippen LogP contribution in [0.3, 0.4) is 0 Å². The molecule has 0 spiro atoms. The SMILES string of the molecule is COc1ccc(-c2ccc(=O)n(Cc3nc(-c4ccc(C)c(C)c4)no3)n2)cc1. The summed E-state index contributed by atoms with van der Waals surface area (Å²) in [5, 5.41) is 8.48. The van der Waals surface area contributed by atoms with E-state index in [0.717, 1.165) is 22.4 Å². The zero-order chi connectivity index (χ0) is 20.4. The van der Waals surface area contributed by atoms with Crippen molar-refractivity contribution in [1.29, 1.82) is 0 Å². The fourth-order valence-corrected chi connectivity index (χ4v) is 2.92. The highest BCUT2D eigenvalue weighted by Gasteiger charge is 2.12. The van der Waals surface area contributed by atoms with Crippen LogP contribution >= 0.6 is 0 Å². The predicted molar refractivity (Wildman–Crippen MR) is 109 cm³/mol. The van der Waals surface area contributed by atoms with Crippen LogP contribution in [0, 0.1) is 13.8 Å². The van der Waals surface area contributed by atoms with Gasteiger partial charge in [-0.3, -0.25) is 4.79 Å². The van der Waals surface area contributed by atoms with Gasteiger partial charge in [0.1, 0.15) is 12.3 Å². The lowest BCUT2D eigenvalue weighted by molar-refractivity contribution is 0.363. The highest BCUT2D eigenvalue weighted by atomic mass is 16.5. The average molecular weight is 388 g/mol. The quantitative estimate of drug-likeness (QED) is 0.519. The number of benzene rings is 2. The van der Waals surface area contributed by atoms with E-state index in [1.54, 1.807) is 13.2 Å². The summed E-state index contributed by atoms with van der Waals surface area (Å²) in [6, 6.07) is 16.6. The molecule has 0 N–H and O–H groups in total. The molecule has 4 aromatic rings. The Hall–Kier alpha value is -3.74. The van der Waals surface area contributed by atoms with Gasteiger partial charge in [-0.15, -0.1) is 0 Å². The molecule has 7 nitrogen and oxygen atoms in total. The Kier molecular flexibility index (Phi) is 4.95. The van der Waals surface area contributed by atoms with E-state index in [2.05, 4.69) is 22.2 Å². The molecule has 2 aromatic heterocycles. The number of rotatable bonds is 5. The largest absolute Gasteiger partial charge is 0.497 e. The molecule has 0 atom stereocenters. The van der Waals surface area contributed by atoms with E-state index in [0.29, 0.717) is 17.4 Å². The molecule has 0 saturated carbocycles. The molecule has 0 aliphatic carbocycles. The van der Waals surface area contributed by atoms with Crippen LogP contribution < -0.4 is 10.3 Å². The Bertz CT molecular complexity index is 1210. The molecule has 4 rings (SSSR count). The lowest BCUT2D eigenvalue weighted by Crippen LogP contribution is -2.23. The zero-order valence-electron chi connectivity index (χ0n) is 16.4. The molecule has 0 aliphatic heterocycles. The lowest BCUT2D eigenvalue weighted by Gasteiger charge is -2.06. The van der Waals surface area contributed by atoms with Gasteiger partial charge in [-0.05, 0) is 61.4 Å². The molecule has 0 amide bonds. The van der Waals surface area contributed by atoms with Crippen LogP contribution in [-0.4, -0.2) is 27.0 Å². The van der Waals surface area contributed by atoms with Gasteiger partial charge in [0, 0.05) is 17.2 Å². The first-order valence-electron chi connectivity index (χ1n) is 9.16. The maximum Gasteiger partial charge on any atom is 0.267 e. The van der Waals surface area contributed by atoms with Crippen LogP contribution in [0.15, 0.2) is 63.9 Å². The molecule has 146 valence electrons. The van der Waals surface area contributed by atoms with Crippen molar-refractivity contribution in [1.82, 2.24) is 19.9 Å². The smallest absolute Gasteiger partial charge is 0.267 e. The standard InChI is InChI=1S/C22H20N4O3/c1-14-4-5-17(12-15(14)2)22-23-20(29-25-22)13-26-21(27)11-10-19(24-26)16-6-8-18(28-3)9-7-16/h4-12H,13H2,1-3H3. The second-order valence-electron chi connectivity index (χ2n) is 6.75. The van der Waals surface area contributed by atoms with Gasteiger partial charge in [0.05, 0.1) is 12.8 Å². The molecule has 2 heterocycles. The van der Waals surface area contributed by atoms with Crippen LogP contribution in [0.2, 0.25) is 0 Å². The van der Waals surface area contributed by atoms with Crippen molar-refractivity contribution >= 4 is 0 Å². The number of hydrogen-bond acceptors (Lipinski definition) is 6. The third-order valence-electron chi connectivity index (χ3n) is 4.77. The second-order valence-corrected chi connectivity index (χ2v) is 6.75. The van der Waals surface area contributed by atoms with Gasteiger partial charge >= 0.3 is 0 Å². The minimum Gasteiger partial charge on any atom is -0.497 e. The lowest BCUT2D eigenvalue weighted by atomic mass is 10.1. The normalized spacial score (nSPS) is 10.9. The fourth-order valence-electron chi connectivity index (χ4n) is 2.92. The molecule has 0 radical (unpaired) electrons. The summed E-state index contributed by atoms with van der Waals surface area (Å²) in [5.74, 6) is 1.56. The van der Waals surface area contributed by atoms with Crippen LogP contribution in [0.1, 0.15) is 17.0 Å². The molecule has 0 saturated heterocycles. The van der Waals surface area contributed by atoms with Gasteiger partial charge in [-0.1, -0.05) is 17.3 Å². The van der Waals surface area contributed by atoms with E-state index in [1.807, 2.05) is 49.4 Å². The summed E-state index contributed by atoms with van der Waals surface area (Å²) in [5.41, 5.74) is 4.52. The number of aromatic nitrogens is 4. The topological polar surface area (TPSA) is 83.0 Å². The summed E-state index contributed by atoms with van der Waals surface area (Å²) in [7, 11) is 1.62. The van der Waals surface area contributed by atoms with Crippen molar-refractivity contribution in [2.45, 2.75) is 20.4 Å². The Morgan fingerprint density at radius 1 is 0.966 bits per heavy atom. The first-order chi connectivity index (χ1) is 14.0. The van der Waals surface area contributed by atoms with Crippen molar-refractivity contribution in [3.8, 4) is 28.4 Å². The molecular weight excluding hydrogens is 368 g/mol. The number of nitrogens with zero attached hydrogens (tertiary/aromatic N) is 4. The van der Waals surface area contributed by atoms with Crippen molar-refractivity contribution in [3.63, 3.8) is 0 Å². The number of aryl methyl sites for hydroxylation is 2. The predicted octanol–water partition coefficient (Wildman–Crippen LogP) is 3.63. The molecule has 2 aromatic carbocycles. The molecule has 29 heavy (non-hydrogen) atoms. The fraction of sp³-hybridized carbons (Fsp3) is 0.182. The summed E-state index contributed by atoms with van der Waals surface area (Å²) >= 11 is 0. The molecule has 0 bridgehead atoms. The van der Waals surface area contributed by atoms with Crippen LogP contribution in [0.25, 0.3) is 22.6 Å². The van der Waals surface area contributed by atoms with Crippen molar-refractivity contribution < 1.29 is 9.26 Å². The Labute approximate surface area is 167 Å².